The lowest BCUT2D eigenvalue weighted by atomic mass is 10.2. The third-order valence-electron chi connectivity index (χ3n) is 3.91. The van der Waals surface area contributed by atoms with E-state index in [0.717, 1.165) is 12.1 Å². The predicted octanol–water partition coefficient (Wildman–Crippen LogP) is 4.39. The van der Waals surface area contributed by atoms with Crippen molar-refractivity contribution in [3.63, 3.8) is 0 Å². The molecule has 1 amide bonds. The number of carbonyl (C=O) groups is 1. The van der Waals surface area contributed by atoms with Crippen LogP contribution in [0.25, 0.3) is 0 Å². The zero-order valence-electron chi connectivity index (χ0n) is 16.6. The monoisotopic (exact) mass is 518 g/mol. The summed E-state index contributed by atoms with van der Waals surface area (Å²) in [5, 5.41) is -0.157. The molecule has 14 heteroatoms. The largest absolute Gasteiger partial charge is 0.417 e. The fraction of sp³-hybridized carbons (Fsp3) is 0.105. The van der Waals surface area contributed by atoms with Gasteiger partial charge in [0.1, 0.15) is 5.03 Å². The van der Waals surface area contributed by atoms with E-state index in [-0.39, 0.29) is 11.5 Å². The molecular formula is C19H14ClF3N4O4S2. The SMILES string of the molecule is CONC(=O)c1nccc(Sc2ccc(NS(=O)(=O)c3ccc(Cl)c(C(F)(F)F)c3)cc2)n1. The van der Waals surface area contributed by atoms with E-state index >= 15 is 0 Å². The van der Waals surface area contributed by atoms with E-state index in [2.05, 4.69) is 25.0 Å². The molecule has 0 fully saturated rings. The molecule has 1 heterocycles. The van der Waals surface area contributed by atoms with Crippen LogP contribution in [-0.4, -0.2) is 31.4 Å². The van der Waals surface area contributed by atoms with Gasteiger partial charge in [-0.2, -0.15) is 13.2 Å². The van der Waals surface area contributed by atoms with Gasteiger partial charge < -0.3 is 0 Å². The van der Waals surface area contributed by atoms with E-state index in [1.165, 1.54) is 37.2 Å². The highest BCUT2D eigenvalue weighted by atomic mass is 35.5. The van der Waals surface area contributed by atoms with E-state index in [4.69, 9.17) is 11.6 Å². The van der Waals surface area contributed by atoms with E-state index < -0.39 is 37.6 Å². The fourth-order valence-electron chi connectivity index (χ4n) is 2.46. The Morgan fingerprint density at radius 1 is 1.12 bits per heavy atom. The van der Waals surface area contributed by atoms with E-state index in [1.807, 2.05) is 0 Å². The Labute approximate surface area is 195 Å². The molecule has 1 aromatic heterocycles. The lowest BCUT2D eigenvalue weighted by Gasteiger charge is -2.13. The van der Waals surface area contributed by atoms with Crippen LogP contribution < -0.4 is 10.2 Å². The number of benzene rings is 2. The number of nitrogens with one attached hydrogen (secondary N) is 2. The first kappa shape index (κ1) is 24.8. The lowest BCUT2D eigenvalue weighted by molar-refractivity contribution is -0.137. The van der Waals surface area contributed by atoms with E-state index in [1.54, 1.807) is 18.2 Å². The van der Waals surface area contributed by atoms with Gasteiger partial charge in [-0.3, -0.25) is 14.4 Å². The normalized spacial score (nSPS) is 11.8. The molecular weight excluding hydrogens is 505 g/mol. The number of rotatable bonds is 7. The van der Waals surface area contributed by atoms with Crippen molar-refractivity contribution in [1.29, 1.82) is 0 Å². The molecule has 0 aliphatic rings. The highest BCUT2D eigenvalue weighted by Gasteiger charge is 2.34. The summed E-state index contributed by atoms with van der Waals surface area (Å²) in [6, 6.07) is 9.91. The Morgan fingerprint density at radius 2 is 1.82 bits per heavy atom. The van der Waals surface area contributed by atoms with Gasteiger partial charge in [-0.25, -0.2) is 23.9 Å². The highest BCUT2D eigenvalue weighted by Crippen LogP contribution is 2.36. The molecule has 2 aromatic carbocycles. The molecule has 0 saturated heterocycles. The molecule has 0 atom stereocenters. The first-order valence-electron chi connectivity index (χ1n) is 8.83. The number of carbonyl (C=O) groups excluding carboxylic acids is 1. The van der Waals surface area contributed by atoms with Crippen LogP contribution in [0.4, 0.5) is 18.9 Å². The van der Waals surface area contributed by atoms with Crippen LogP contribution in [0.15, 0.2) is 69.5 Å². The van der Waals surface area contributed by atoms with Gasteiger partial charge in [0, 0.05) is 16.8 Å². The number of hydrogen-bond donors (Lipinski definition) is 2. The maximum absolute atomic E-state index is 13.0. The summed E-state index contributed by atoms with van der Waals surface area (Å²) in [7, 11) is -3.03. The molecule has 174 valence electrons. The topological polar surface area (TPSA) is 110 Å². The summed E-state index contributed by atoms with van der Waals surface area (Å²) in [6.07, 6.45) is -3.41. The summed E-state index contributed by atoms with van der Waals surface area (Å²) in [5.74, 6) is -0.729. The number of halogens is 4. The second-order valence-corrected chi connectivity index (χ2v) is 9.41. The maximum atomic E-state index is 13.0. The van der Waals surface area contributed by atoms with Gasteiger partial charge in [0.15, 0.2) is 0 Å². The Hall–Kier alpha value is -2.87. The number of hydroxylamine groups is 1. The molecule has 0 radical (unpaired) electrons. The van der Waals surface area contributed by atoms with E-state index in [0.29, 0.717) is 16.0 Å². The number of amides is 1. The quantitative estimate of drug-likeness (QED) is 0.352. The molecule has 0 aliphatic heterocycles. The van der Waals surface area contributed by atoms with Crippen molar-refractivity contribution in [3.8, 4) is 0 Å². The number of sulfonamides is 1. The summed E-state index contributed by atoms with van der Waals surface area (Å²) in [4.78, 5) is 24.3. The van der Waals surface area contributed by atoms with Crippen LogP contribution in [-0.2, 0) is 21.0 Å². The molecule has 2 N–H and O–H groups in total. The average molecular weight is 519 g/mol. The lowest BCUT2D eigenvalue weighted by Crippen LogP contribution is -2.24. The zero-order chi connectivity index (χ0) is 24.2. The van der Waals surface area contributed by atoms with Crippen LogP contribution in [0.2, 0.25) is 5.02 Å². The van der Waals surface area contributed by atoms with Crippen LogP contribution in [0.5, 0.6) is 0 Å². The van der Waals surface area contributed by atoms with E-state index in [9.17, 15) is 26.4 Å². The Morgan fingerprint density at radius 3 is 2.45 bits per heavy atom. The van der Waals surface area contributed by atoms with Gasteiger partial charge in [-0.05, 0) is 48.5 Å². The van der Waals surface area contributed by atoms with Crippen molar-refractivity contribution in [2.24, 2.45) is 0 Å². The van der Waals surface area contributed by atoms with Crippen LogP contribution in [0.1, 0.15) is 16.2 Å². The predicted molar refractivity (Wildman–Crippen MR) is 114 cm³/mol. The number of hydrogen-bond acceptors (Lipinski definition) is 7. The minimum absolute atomic E-state index is 0.104. The van der Waals surface area contributed by atoms with Crippen LogP contribution in [0, 0.1) is 0 Å². The fourth-order valence-corrected chi connectivity index (χ4v) is 4.55. The van der Waals surface area contributed by atoms with Crippen molar-refractivity contribution >= 4 is 45.0 Å². The van der Waals surface area contributed by atoms with Gasteiger partial charge in [0.05, 0.1) is 22.6 Å². The number of alkyl halides is 3. The molecule has 8 nitrogen and oxygen atoms in total. The first-order valence-corrected chi connectivity index (χ1v) is 11.5. The zero-order valence-corrected chi connectivity index (χ0v) is 18.9. The number of anilines is 1. The Kier molecular flexibility index (Phi) is 7.47. The van der Waals surface area contributed by atoms with Gasteiger partial charge in [0.25, 0.3) is 10.0 Å². The second kappa shape index (κ2) is 9.95. The standard InChI is InChI=1S/C19H14ClF3N4O4S2/c1-31-26-18(28)17-24-9-8-16(25-17)32-12-4-2-11(3-5-12)27-33(29,30)13-6-7-15(20)14(10-13)19(21,22)23/h2-10,27H,1H3,(H,26,28). The van der Waals surface area contributed by atoms with Gasteiger partial charge in [0.2, 0.25) is 5.82 Å². The van der Waals surface area contributed by atoms with Crippen LogP contribution >= 0.6 is 23.4 Å². The van der Waals surface area contributed by atoms with Crippen molar-refractivity contribution in [3.05, 3.63) is 71.1 Å². The molecule has 0 bridgehead atoms. The minimum Gasteiger partial charge on any atom is -0.280 e. The molecule has 3 aromatic rings. The number of aromatic nitrogens is 2. The average Bonchev–Trinajstić information content (AvgIpc) is 2.74. The molecule has 0 unspecified atom stereocenters. The second-order valence-electron chi connectivity index (χ2n) is 6.23. The number of nitrogens with zero attached hydrogens (tertiary/aromatic N) is 2. The molecule has 0 saturated carbocycles. The summed E-state index contributed by atoms with van der Waals surface area (Å²) < 4.78 is 66.4. The summed E-state index contributed by atoms with van der Waals surface area (Å²) >= 11 is 6.72. The maximum Gasteiger partial charge on any atom is 0.417 e. The van der Waals surface area contributed by atoms with Gasteiger partial charge in [-0.1, -0.05) is 23.4 Å². The molecule has 0 aliphatic carbocycles. The molecule has 3 rings (SSSR count). The van der Waals surface area contributed by atoms with Crippen molar-refractivity contribution < 1.29 is 31.2 Å². The van der Waals surface area contributed by atoms with Crippen LogP contribution in [0.3, 0.4) is 0 Å². The smallest absolute Gasteiger partial charge is 0.280 e. The van der Waals surface area contributed by atoms with Crippen molar-refractivity contribution in [2.45, 2.75) is 21.0 Å². The third kappa shape index (κ3) is 6.35. The van der Waals surface area contributed by atoms with Crippen molar-refractivity contribution in [2.75, 3.05) is 11.8 Å². The highest BCUT2D eigenvalue weighted by molar-refractivity contribution is 7.99. The summed E-state index contributed by atoms with van der Waals surface area (Å²) in [5.41, 5.74) is 0.985. The van der Waals surface area contributed by atoms with Crippen molar-refractivity contribution in [1.82, 2.24) is 15.4 Å². The molecule has 0 spiro atoms. The first-order chi connectivity index (χ1) is 15.5. The minimum atomic E-state index is -4.80. The Balaban J connectivity index is 1.75. The van der Waals surface area contributed by atoms with Gasteiger partial charge in [-0.15, -0.1) is 0 Å². The van der Waals surface area contributed by atoms with Gasteiger partial charge >= 0.3 is 12.1 Å². The summed E-state index contributed by atoms with van der Waals surface area (Å²) in [6.45, 7) is 0. The molecule has 33 heavy (non-hydrogen) atoms. The Bertz CT molecular complexity index is 1270. The third-order valence-corrected chi connectivity index (χ3v) is 6.56.